The molecule has 0 radical (unpaired) electrons. The average molecular weight is 611 g/mol. The van der Waals surface area contributed by atoms with Gasteiger partial charge in [0.05, 0.1) is 18.8 Å². The first-order chi connectivity index (χ1) is 19.6. The highest BCUT2D eigenvalue weighted by Gasteiger charge is 2.18. The van der Waals surface area contributed by atoms with E-state index in [9.17, 15) is 23.5 Å². The molecule has 220 valence electrons. The van der Waals surface area contributed by atoms with E-state index in [-0.39, 0.29) is 45.0 Å². The molecular weight excluding hydrogens is 581 g/mol. The molecular formula is C29H30Cl2F2N2O6. The molecule has 0 saturated heterocycles. The number of carbonyl (C=O) groups excluding carboxylic acids is 1. The number of amides is 2. The summed E-state index contributed by atoms with van der Waals surface area (Å²) in [7, 11) is 0. The van der Waals surface area contributed by atoms with Crippen molar-refractivity contribution >= 4 is 40.9 Å². The number of carboxylic acids is 1. The molecule has 0 aliphatic carbocycles. The number of rotatable bonds is 15. The van der Waals surface area contributed by atoms with Crippen molar-refractivity contribution in [1.82, 2.24) is 4.90 Å². The summed E-state index contributed by atoms with van der Waals surface area (Å²) in [5.74, 6) is -1.69. The van der Waals surface area contributed by atoms with E-state index in [1.54, 1.807) is 49.4 Å². The zero-order chi connectivity index (χ0) is 29.8. The Balaban J connectivity index is 1.58. The number of carbonyl (C=O) groups is 2. The van der Waals surface area contributed by atoms with Gasteiger partial charge in [0.25, 0.3) is 0 Å². The van der Waals surface area contributed by atoms with Crippen molar-refractivity contribution < 1.29 is 37.7 Å². The van der Waals surface area contributed by atoms with Gasteiger partial charge in [-0.05, 0) is 61.4 Å². The molecule has 0 fully saturated rings. The minimum Gasteiger partial charge on any atom is -0.493 e. The summed E-state index contributed by atoms with van der Waals surface area (Å²) >= 11 is 12.0. The molecule has 0 aliphatic rings. The van der Waals surface area contributed by atoms with Crippen LogP contribution in [0.3, 0.4) is 0 Å². The highest BCUT2D eigenvalue weighted by atomic mass is 35.5. The van der Waals surface area contributed by atoms with E-state index in [2.05, 4.69) is 5.32 Å². The molecule has 8 nitrogen and oxygen atoms in total. The van der Waals surface area contributed by atoms with Gasteiger partial charge in [0.2, 0.25) is 0 Å². The SMILES string of the molecule is CCOC(Cc1ccc(OCCN(CCCOc2cc(Cl)cc(Cl)c2)C(=O)Nc2ccc(F)cc2F)cc1)C(=O)O. The van der Waals surface area contributed by atoms with Crippen molar-refractivity contribution in [2.45, 2.75) is 25.9 Å². The average Bonchev–Trinajstić information content (AvgIpc) is 2.91. The van der Waals surface area contributed by atoms with E-state index in [0.717, 1.165) is 17.7 Å². The maximum absolute atomic E-state index is 14.1. The van der Waals surface area contributed by atoms with E-state index in [1.165, 1.54) is 4.90 Å². The normalized spacial score (nSPS) is 11.5. The van der Waals surface area contributed by atoms with Gasteiger partial charge >= 0.3 is 12.0 Å². The Bertz CT molecular complexity index is 1290. The lowest BCUT2D eigenvalue weighted by molar-refractivity contribution is -0.149. The minimum absolute atomic E-state index is 0.111. The molecule has 0 aromatic heterocycles. The first-order valence-corrected chi connectivity index (χ1v) is 13.6. The summed E-state index contributed by atoms with van der Waals surface area (Å²) in [6.45, 7) is 2.75. The fourth-order valence-corrected chi connectivity index (χ4v) is 4.29. The van der Waals surface area contributed by atoms with Gasteiger partial charge in [0.1, 0.15) is 29.7 Å². The smallest absolute Gasteiger partial charge is 0.333 e. The molecule has 3 rings (SSSR count). The Kier molecular flexibility index (Phi) is 12.5. The van der Waals surface area contributed by atoms with Crippen LogP contribution in [0, 0.1) is 11.6 Å². The van der Waals surface area contributed by atoms with Crippen LogP contribution in [0.4, 0.5) is 19.3 Å². The molecule has 0 heterocycles. The van der Waals surface area contributed by atoms with Crippen molar-refractivity contribution in [2.24, 2.45) is 0 Å². The van der Waals surface area contributed by atoms with Gasteiger partial charge in [-0.1, -0.05) is 35.3 Å². The molecule has 41 heavy (non-hydrogen) atoms. The van der Waals surface area contributed by atoms with E-state index in [0.29, 0.717) is 34.0 Å². The second-order valence-corrected chi connectivity index (χ2v) is 9.70. The van der Waals surface area contributed by atoms with Crippen LogP contribution in [0.15, 0.2) is 60.7 Å². The number of nitrogens with one attached hydrogen (secondary N) is 1. The first kappa shape index (κ1) is 31.9. The largest absolute Gasteiger partial charge is 0.493 e. The van der Waals surface area contributed by atoms with Crippen LogP contribution < -0.4 is 14.8 Å². The highest BCUT2D eigenvalue weighted by Crippen LogP contribution is 2.24. The zero-order valence-electron chi connectivity index (χ0n) is 22.2. The van der Waals surface area contributed by atoms with Crippen LogP contribution in [0.2, 0.25) is 10.0 Å². The number of hydrogen-bond donors (Lipinski definition) is 2. The molecule has 1 atom stereocenters. The fourth-order valence-electron chi connectivity index (χ4n) is 3.79. The van der Waals surface area contributed by atoms with Crippen LogP contribution in [0.1, 0.15) is 18.9 Å². The molecule has 3 aromatic rings. The van der Waals surface area contributed by atoms with Crippen LogP contribution in [0.5, 0.6) is 11.5 Å². The molecule has 0 saturated carbocycles. The van der Waals surface area contributed by atoms with Crippen LogP contribution in [-0.2, 0) is 16.0 Å². The number of ether oxygens (including phenoxy) is 3. The summed E-state index contributed by atoms with van der Waals surface area (Å²) in [6.07, 6.45) is -0.312. The van der Waals surface area contributed by atoms with Gasteiger partial charge in [0, 0.05) is 35.7 Å². The highest BCUT2D eigenvalue weighted by molar-refractivity contribution is 6.34. The van der Waals surface area contributed by atoms with Crippen molar-refractivity contribution in [3.63, 3.8) is 0 Å². The lowest BCUT2D eigenvalue weighted by Crippen LogP contribution is -2.39. The third-order valence-corrected chi connectivity index (χ3v) is 6.19. The molecule has 0 spiro atoms. The molecule has 1 unspecified atom stereocenters. The van der Waals surface area contributed by atoms with Gasteiger partial charge in [0.15, 0.2) is 6.10 Å². The van der Waals surface area contributed by atoms with Gasteiger partial charge in [-0.15, -0.1) is 0 Å². The van der Waals surface area contributed by atoms with Crippen LogP contribution >= 0.6 is 23.2 Å². The number of nitrogens with zero attached hydrogens (tertiary/aromatic N) is 1. The van der Waals surface area contributed by atoms with Crippen LogP contribution in [-0.4, -0.2) is 61.0 Å². The zero-order valence-corrected chi connectivity index (χ0v) is 23.8. The Morgan fingerprint density at radius 1 is 0.927 bits per heavy atom. The minimum atomic E-state index is -1.03. The molecule has 3 aromatic carbocycles. The second-order valence-electron chi connectivity index (χ2n) is 8.83. The van der Waals surface area contributed by atoms with Gasteiger partial charge in [-0.3, -0.25) is 0 Å². The maximum atomic E-state index is 14.1. The standard InChI is InChI=1S/C29H30Cl2F2N2O6/c1-2-39-27(28(36)37)14-19-4-7-23(8-5-19)41-13-11-35(29(38)34-26-9-6-22(32)18-25(26)33)10-3-12-40-24-16-20(30)15-21(31)17-24/h4-9,15-18,27H,2-3,10-14H2,1H3,(H,34,38)(H,36,37). The van der Waals surface area contributed by atoms with Crippen molar-refractivity contribution in [2.75, 3.05) is 38.2 Å². The Morgan fingerprint density at radius 2 is 1.61 bits per heavy atom. The third-order valence-electron chi connectivity index (χ3n) is 5.75. The maximum Gasteiger partial charge on any atom is 0.333 e. The van der Waals surface area contributed by atoms with E-state index in [1.807, 2.05) is 0 Å². The number of aliphatic carboxylic acids is 1. The molecule has 0 bridgehead atoms. The molecule has 2 N–H and O–H groups in total. The van der Waals surface area contributed by atoms with E-state index in [4.69, 9.17) is 37.4 Å². The van der Waals surface area contributed by atoms with Crippen molar-refractivity contribution in [3.8, 4) is 11.5 Å². The van der Waals surface area contributed by atoms with Gasteiger partial charge < -0.3 is 29.5 Å². The summed E-state index contributed by atoms with van der Waals surface area (Å²) in [5, 5.41) is 12.6. The summed E-state index contributed by atoms with van der Waals surface area (Å²) in [4.78, 5) is 25.7. The van der Waals surface area contributed by atoms with E-state index < -0.39 is 29.7 Å². The molecule has 2 amide bonds. The lowest BCUT2D eigenvalue weighted by atomic mass is 10.1. The van der Waals surface area contributed by atoms with Crippen molar-refractivity contribution in [3.05, 3.63) is 87.9 Å². The summed E-state index contributed by atoms with van der Waals surface area (Å²) < 4.78 is 44.1. The number of halogens is 4. The second kappa shape index (κ2) is 16.0. The predicted molar refractivity (Wildman–Crippen MR) is 152 cm³/mol. The third kappa shape index (κ3) is 10.7. The first-order valence-electron chi connectivity index (χ1n) is 12.8. The number of anilines is 1. The number of benzene rings is 3. The number of hydrogen-bond acceptors (Lipinski definition) is 5. The summed E-state index contributed by atoms with van der Waals surface area (Å²) in [5.41, 5.74) is 0.607. The Morgan fingerprint density at radius 3 is 2.24 bits per heavy atom. The monoisotopic (exact) mass is 610 g/mol. The van der Waals surface area contributed by atoms with Crippen molar-refractivity contribution in [1.29, 1.82) is 0 Å². The molecule has 0 aliphatic heterocycles. The lowest BCUT2D eigenvalue weighted by Gasteiger charge is -2.23. The summed E-state index contributed by atoms with van der Waals surface area (Å²) in [6, 6.07) is 14.0. The topological polar surface area (TPSA) is 97.3 Å². The fraction of sp³-hybridized carbons (Fsp3) is 0.310. The number of urea groups is 1. The van der Waals surface area contributed by atoms with Gasteiger partial charge in [-0.25, -0.2) is 18.4 Å². The molecule has 12 heteroatoms. The van der Waals surface area contributed by atoms with E-state index >= 15 is 0 Å². The quantitative estimate of drug-likeness (QED) is 0.186. The van der Waals surface area contributed by atoms with Crippen LogP contribution in [0.25, 0.3) is 0 Å². The van der Waals surface area contributed by atoms with Gasteiger partial charge in [-0.2, -0.15) is 0 Å². The Labute approximate surface area is 246 Å². The predicted octanol–water partition coefficient (Wildman–Crippen LogP) is 6.69. The Hall–Kier alpha value is -3.60. The number of carboxylic acid groups (broad SMARTS) is 1.